The zero-order chi connectivity index (χ0) is 20.5. The molecule has 0 aromatic rings. The normalized spacial score (nSPS) is 11.6. The monoisotopic (exact) mass is 395 g/mol. The molecule has 0 saturated heterocycles. The molecular weight excluding hydrogens is 338 g/mol. The lowest BCUT2D eigenvalue weighted by molar-refractivity contribution is 0.324. The van der Waals surface area contributed by atoms with Crippen molar-refractivity contribution in [3.05, 3.63) is 0 Å². The summed E-state index contributed by atoms with van der Waals surface area (Å²) in [5.41, 5.74) is 0. The highest BCUT2D eigenvalue weighted by Gasteiger charge is 1.97. The van der Waals surface area contributed by atoms with Crippen LogP contribution in [-0.4, -0.2) is 25.0 Å². The van der Waals surface area contributed by atoms with Crippen LogP contribution < -0.4 is 0 Å². The Labute approximate surface area is 180 Å². The van der Waals surface area contributed by atoms with E-state index in [2.05, 4.69) is 25.8 Å². The van der Waals surface area contributed by atoms with Gasteiger partial charge in [0.1, 0.15) is 0 Å². The molecule has 0 spiro atoms. The molecule has 0 radical (unpaired) electrons. The zero-order valence-electron chi connectivity index (χ0n) is 20.4. The summed E-state index contributed by atoms with van der Waals surface area (Å²) >= 11 is 0. The standard InChI is InChI=1S/C27H57N/c1-4-6-7-8-9-10-11-12-13-14-15-16-17-18-19-20-21-22-23-24-25-27-28(3)26-5-2/h4-27H2,1-3H3. The fraction of sp³-hybridized carbons (Fsp3) is 1.00. The molecule has 0 heterocycles. The predicted molar refractivity (Wildman–Crippen MR) is 130 cm³/mol. The van der Waals surface area contributed by atoms with Gasteiger partial charge in [-0.3, -0.25) is 0 Å². The van der Waals surface area contributed by atoms with Crippen LogP contribution in [0, 0.1) is 0 Å². The Kier molecular flexibility index (Phi) is 25.0. The lowest BCUT2D eigenvalue weighted by Crippen LogP contribution is -2.20. The van der Waals surface area contributed by atoms with Gasteiger partial charge in [0.05, 0.1) is 0 Å². The highest BCUT2D eigenvalue weighted by molar-refractivity contribution is 4.53. The summed E-state index contributed by atoms with van der Waals surface area (Å²) in [6, 6.07) is 0. The molecule has 0 unspecified atom stereocenters. The molecule has 0 aliphatic rings. The van der Waals surface area contributed by atoms with Crippen LogP contribution in [0.4, 0.5) is 0 Å². The first kappa shape index (κ1) is 28.0. The van der Waals surface area contributed by atoms with Crippen molar-refractivity contribution in [2.24, 2.45) is 0 Å². The second-order valence-corrected chi connectivity index (χ2v) is 9.37. The number of hydrogen-bond donors (Lipinski definition) is 0. The van der Waals surface area contributed by atoms with Gasteiger partial charge in [-0.15, -0.1) is 0 Å². The molecule has 0 aromatic carbocycles. The third-order valence-electron chi connectivity index (χ3n) is 6.25. The minimum absolute atomic E-state index is 1.26. The van der Waals surface area contributed by atoms with Crippen molar-refractivity contribution in [2.75, 3.05) is 20.1 Å². The molecule has 1 heteroatoms. The summed E-state index contributed by atoms with van der Waals surface area (Å²) in [7, 11) is 2.26. The summed E-state index contributed by atoms with van der Waals surface area (Å²) in [4.78, 5) is 2.48. The molecule has 0 amide bonds. The average molecular weight is 396 g/mol. The minimum atomic E-state index is 1.26. The van der Waals surface area contributed by atoms with Crippen molar-refractivity contribution in [1.82, 2.24) is 4.90 Å². The summed E-state index contributed by atoms with van der Waals surface area (Å²) in [6.45, 7) is 7.14. The molecule has 0 aliphatic carbocycles. The van der Waals surface area contributed by atoms with Gasteiger partial charge in [-0.2, -0.15) is 0 Å². The molecule has 28 heavy (non-hydrogen) atoms. The van der Waals surface area contributed by atoms with E-state index in [1.165, 1.54) is 154 Å². The van der Waals surface area contributed by atoms with Crippen LogP contribution in [0.15, 0.2) is 0 Å². The molecule has 0 saturated carbocycles. The largest absolute Gasteiger partial charge is 0.306 e. The van der Waals surface area contributed by atoms with Gasteiger partial charge in [-0.25, -0.2) is 0 Å². The van der Waals surface area contributed by atoms with E-state index < -0.39 is 0 Å². The van der Waals surface area contributed by atoms with E-state index in [4.69, 9.17) is 0 Å². The second-order valence-electron chi connectivity index (χ2n) is 9.37. The second kappa shape index (κ2) is 25.0. The maximum atomic E-state index is 2.48. The Hall–Kier alpha value is -0.0400. The van der Waals surface area contributed by atoms with Crippen molar-refractivity contribution in [2.45, 2.75) is 155 Å². The molecule has 0 bridgehead atoms. The zero-order valence-corrected chi connectivity index (χ0v) is 20.4. The van der Waals surface area contributed by atoms with Gasteiger partial charge in [0, 0.05) is 0 Å². The topological polar surface area (TPSA) is 3.24 Å². The van der Waals surface area contributed by atoms with E-state index in [1.54, 1.807) is 0 Å². The van der Waals surface area contributed by atoms with Crippen LogP contribution in [0.3, 0.4) is 0 Å². The Morgan fingerprint density at radius 3 is 0.893 bits per heavy atom. The van der Waals surface area contributed by atoms with Crippen LogP contribution >= 0.6 is 0 Å². The van der Waals surface area contributed by atoms with E-state index >= 15 is 0 Å². The van der Waals surface area contributed by atoms with Crippen molar-refractivity contribution in [3.63, 3.8) is 0 Å². The van der Waals surface area contributed by atoms with Gasteiger partial charge in [0.15, 0.2) is 0 Å². The molecule has 0 aliphatic heterocycles. The number of rotatable bonds is 24. The molecular formula is C27H57N. The predicted octanol–water partition coefficient (Wildman–Crippen LogP) is 9.54. The molecule has 170 valence electrons. The van der Waals surface area contributed by atoms with Gasteiger partial charge in [0.2, 0.25) is 0 Å². The van der Waals surface area contributed by atoms with Crippen molar-refractivity contribution in [3.8, 4) is 0 Å². The van der Waals surface area contributed by atoms with E-state index in [9.17, 15) is 0 Å². The molecule has 1 nitrogen and oxygen atoms in total. The summed E-state index contributed by atoms with van der Waals surface area (Å²) < 4.78 is 0. The van der Waals surface area contributed by atoms with E-state index in [-0.39, 0.29) is 0 Å². The Balaban J connectivity index is 3.01. The number of hydrogen-bond acceptors (Lipinski definition) is 1. The molecule has 0 N–H and O–H groups in total. The number of nitrogens with zero attached hydrogens (tertiary/aromatic N) is 1. The van der Waals surface area contributed by atoms with Crippen LogP contribution in [0.5, 0.6) is 0 Å². The summed E-state index contributed by atoms with van der Waals surface area (Å²) in [5, 5.41) is 0. The first-order valence-corrected chi connectivity index (χ1v) is 13.5. The van der Waals surface area contributed by atoms with Crippen molar-refractivity contribution in [1.29, 1.82) is 0 Å². The molecule has 0 rings (SSSR count). The molecule has 0 aromatic heterocycles. The third kappa shape index (κ3) is 24.0. The van der Waals surface area contributed by atoms with Crippen LogP contribution in [-0.2, 0) is 0 Å². The summed E-state index contributed by atoms with van der Waals surface area (Å²) in [5.74, 6) is 0. The van der Waals surface area contributed by atoms with E-state index in [0.717, 1.165) is 0 Å². The van der Waals surface area contributed by atoms with E-state index in [1.807, 2.05) is 0 Å². The third-order valence-corrected chi connectivity index (χ3v) is 6.25. The lowest BCUT2D eigenvalue weighted by atomic mass is 10.0. The van der Waals surface area contributed by atoms with Gasteiger partial charge in [0.25, 0.3) is 0 Å². The summed E-state index contributed by atoms with van der Waals surface area (Å²) in [6.07, 6.45) is 32.1. The first-order valence-electron chi connectivity index (χ1n) is 13.5. The fourth-order valence-electron chi connectivity index (χ4n) is 4.31. The van der Waals surface area contributed by atoms with Gasteiger partial charge >= 0.3 is 0 Å². The number of unbranched alkanes of at least 4 members (excludes halogenated alkanes) is 20. The molecule has 0 atom stereocenters. The lowest BCUT2D eigenvalue weighted by Gasteiger charge is -2.14. The average Bonchev–Trinajstić information content (AvgIpc) is 2.69. The Bertz CT molecular complexity index is 263. The Morgan fingerprint density at radius 2 is 0.607 bits per heavy atom. The Morgan fingerprint density at radius 1 is 0.321 bits per heavy atom. The van der Waals surface area contributed by atoms with Crippen LogP contribution in [0.2, 0.25) is 0 Å². The maximum absolute atomic E-state index is 2.48. The van der Waals surface area contributed by atoms with Crippen molar-refractivity contribution >= 4 is 0 Å². The van der Waals surface area contributed by atoms with Gasteiger partial charge in [-0.05, 0) is 33.0 Å². The van der Waals surface area contributed by atoms with Crippen molar-refractivity contribution < 1.29 is 0 Å². The van der Waals surface area contributed by atoms with E-state index in [0.29, 0.717) is 0 Å². The highest BCUT2D eigenvalue weighted by atomic mass is 15.1. The highest BCUT2D eigenvalue weighted by Crippen LogP contribution is 2.15. The SMILES string of the molecule is CCCCCCCCCCCCCCCCCCCCCCCN(C)CCC. The minimum Gasteiger partial charge on any atom is -0.306 e. The molecule has 0 fully saturated rings. The van der Waals surface area contributed by atoms with Gasteiger partial charge < -0.3 is 4.90 Å². The smallest absolute Gasteiger partial charge is 0.00218 e. The van der Waals surface area contributed by atoms with Crippen LogP contribution in [0.1, 0.15) is 155 Å². The van der Waals surface area contributed by atoms with Crippen LogP contribution in [0.25, 0.3) is 0 Å². The van der Waals surface area contributed by atoms with Gasteiger partial charge in [-0.1, -0.05) is 142 Å². The quantitative estimate of drug-likeness (QED) is 0.147. The fourth-order valence-corrected chi connectivity index (χ4v) is 4.31. The maximum Gasteiger partial charge on any atom is -0.00218 e. The first-order chi connectivity index (χ1) is 13.8.